The lowest BCUT2D eigenvalue weighted by Crippen LogP contribution is -2.43. The van der Waals surface area contributed by atoms with Crippen LogP contribution in [0.1, 0.15) is 35.6 Å². The maximum absolute atomic E-state index is 12.0. The van der Waals surface area contributed by atoms with Gasteiger partial charge in [-0.1, -0.05) is 18.6 Å². The van der Waals surface area contributed by atoms with Crippen molar-refractivity contribution in [3.63, 3.8) is 0 Å². The van der Waals surface area contributed by atoms with Gasteiger partial charge in [0.05, 0.1) is 12.2 Å². The molecule has 1 amide bonds. The summed E-state index contributed by atoms with van der Waals surface area (Å²) in [6.45, 7) is 3.82. The van der Waals surface area contributed by atoms with Crippen molar-refractivity contribution in [1.29, 1.82) is 0 Å². The third-order valence-corrected chi connectivity index (χ3v) is 3.27. The zero-order chi connectivity index (χ0) is 13.9. The zero-order valence-electron chi connectivity index (χ0n) is 11.3. The van der Waals surface area contributed by atoms with E-state index in [1.807, 2.05) is 6.07 Å². The van der Waals surface area contributed by atoms with E-state index in [0.717, 1.165) is 31.6 Å². The number of H-pyrrole nitrogens is 1. The smallest absolute Gasteiger partial charge is 0.279 e. The summed E-state index contributed by atoms with van der Waals surface area (Å²) >= 11 is 0. The molecule has 0 aromatic carbocycles. The molecule has 3 heterocycles. The van der Waals surface area contributed by atoms with E-state index in [1.54, 1.807) is 10.9 Å². The van der Waals surface area contributed by atoms with Crippen LogP contribution < -0.4 is 10.6 Å². The van der Waals surface area contributed by atoms with Gasteiger partial charge in [-0.25, -0.2) is 4.68 Å². The van der Waals surface area contributed by atoms with Gasteiger partial charge in [0.2, 0.25) is 0 Å². The monoisotopic (exact) mass is 275 g/mol. The minimum atomic E-state index is -0.293. The van der Waals surface area contributed by atoms with Crippen molar-refractivity contribution in [2.45, 2.75) is 25.8 Å². The van der Waals surface area contributed by atoms with Crippen LogP contribution in [-0.4, -0.2) is 44.2 Å². The van der Waals surface area contributed by atoms with Crippen LogP contribution in [-0.2, 0) is 6.42 Å². The highest BCUT2D eigenvalue weighted by Gasteiger charge is 2.21. The molecule has 0 radical (unpaired) electrons. The summed E-state index contributed by atoms with van der Waals surface area (Å²) in [6.07, 6.45) is 3.60. The first-order chi connectivity index (χ1) is 9.76. The molecule has 2 aromatic rings. The van der Waals surface area contributed by atoms with Crippen molar-refractivity contribution >= 4 is 11.7 Å². The minimum absolute atomic E-state index is 0.293. The first-order valence-corrected chi connectivity index (χ1v) is 6.74. The van der Waals surface area contributed by atoms with E-state index in [9.17, 15) is 4.79 Å². The average Bonchev–Trinajstić information content (AvgIpc) is 2.97. The maximum atomic E-state index is 12.0. The third kappa shape index (κ3) is 2.55. The normalized spacial score (nSPS) is 15.1. The Hall–Kier alpha value is -2.22. The summed E-state index contributed by atoms with van der Waals surface area (Å²) in [6, 6.07) is 2.13. The second kappa shape index (κ2) is 5.41. The first kappa shape index (κ1) is 12.8. The molecule has 2 aromatic heterocycles. The molecule has 0 aliphatic carbocycles. The molecule has 0 spiro atoms. The van der Waals surface area contributed by atoms with Gasteiger partial charge in [-0.15, -0.1) is 5.10 Å². The number of hydrogen-bond donors (Lipinski definition) is 3. The van der Waals surface area contributed by atoms with E-state index in [1.165, 1.54) is 0 Å². The summed E-state index contributed by atoms with van der Waals surface area (Å²) in [5.74, 6) is 0.219. The van der Waals surface area contributed by atoms with Crippen LogP contribution in [0, 0.1) is 0 Å². The summed E-state index contributed by atoms with van der Waals surface area (Å²) in [5, 5.41) is 20.7. The topological polar surface area (TPSA) is 101 Å². The largest absolute Gasteiger partial charge is 0.312 e. The Morgan fingerprint density at radius 2 is 2.40 bits per heavy atom. The van der Waals surface area contributed by atoms with Gasteiger partial charge < -0.3 is 10.6 Å². The standard InChI is InChI=1S/C12H17N7O/c1-2-3-8-4-11(17-15-8)14-12(20)10-7-19(18-16-10)9-5-13-6-9/h4,7,9,13H,2-3,5-6H2,1H3,(H2,14,15,17,20). The number of amides is 1. The second-order valence-corrected chi connectivity index (χ2v) is 4.88. The lowest BCUT2D eigenvalue weighted by molar-refractivity contribution is 0.102. The quantitative estimate of drug-likeness (QED) is 0.731. The Labute approximate surface area is 115 Å². The van der Waals surface area contributed by atoms with Crippen LogP contribution in [0.5, 0.6) is 0 Å². The predicted octanol–water partition coefficient (Wildman–Crippen LogP) is 0.350. The van der Waals surface area contributed by atoms with E-state index in [2.05, 4.69) is 38.1 Å². The molecular weight excluding hydrogens is 258 g/mol. The molecule has 8 nitrogen and oxygen atoms in total. The van der Waals surface area contributed by atoms with Crippen LogP contribution in [0.25, 0.3) is 0 Å². The Morgan fingerprint density at radius 1 is 1.55 bits per heavy atom. The number of carbonyl (C=O) groups is 1. The number of anilines is 1. The van der Waals surface area contributed by atoms with Gasteiger partial charge in [0.1, 0.15) is 0 Å². The van der Waals surface area contributed by atoms with Crippen molar-refractivity contribution in [3.8, 4) is 0 Å². The average molecular weight is 275 g/mol. The number of nitrogens with zero attached hydrogens (tertiary/aromatic N) is 4. The fourth-order valence-electron chi connectivity index (χ4n) is 2.02. The Morgan fingerprint density at radius 3 is 3.10 bits per heavy atom. The predicted molar refractivity (Wildman–Crippen MR) is 72.5 cm³/mol. The number of aryl methyl sites for hydroxylation is 1. The maximum Gasteiger partial charge on any atom is 0.279 e. The molecule has 1 aliphatic rings. The lowest BCUT2D eigenvalue weighted by Gasteiger charge is -2.26. The molecule has 20 heavy (non-hydrogen) atoms. The molecular formula is C12H17N7O. The van der Waals surface area contributed by atoms with Gasteiger partial charge in [0.15, 0.2) is 11.5 Å². The number of carbonyl (C=O) groups excluding carboxylic acids is 1. The number of hydrogen-bond acceptors (Lipinski definition) is 5. The summed E-state index contributed by atoms with van der Waals surface area (Å²) in [5.41, 5.74) is 1.31. The molecule has 8 heteroatoms. The van der Waals surface area contributed by atoms with E-state index >= 15 is 0 Å². The molecule has 3 N–H and O–H groups in total. The molecule has 1 fully saturated rings. The van der Waals surface area contributed by atoms with Gasteiger partial charge in [0, 0.05) is 24.8 Å². The number of aromatic nitrogens is 5. The fraction of sp³-hybridized carbons (Fsp3) is 0.500. The molecule has 0 bridgehead atoms. The fourth-order valence-corrected chi connectivity index (χ4v) is 2.02. The van der Waals surface area contributed by atoms with Crippen LogP contribution in [0.15, 0.2) is 12.3 Å². The Balaban J connectivity index is 1.64. The SMILES string of the molecule is CCCc1cc(NC(=O)c2cn(C3CNC3)nn2)n[nH]1. The molecule has 106 valence electrons. The van der Waals surface area contributed by atoms with Gasteiger partial charge in [-0.3, -0.25) is 9.89 Å². The third-order valence-electron chi connectivity index (χ3n) is 3.27. The van der Waals surface area contributed by atoms with Gasteiger partial charge >= 0.3 is 0 Å². The minimum Gasteiger partial charge on any atom is -0.312 e. The highest BCUT2D eigenvalue weighted by atomic mass is 16.2. The molecule has 1 saturated heterocycles. The summed E-state index contributed by atoms with van der Waals surface area (Å²) in [4.78, 5) is 12.0. The number of aromatic amines is 1. The molecule has 3 rings (SSSR count). The molecule has 1 aliphatic heterocycles. The van der Waals surface area contributed by atoms with Crippen molar-refractivity contribution in [1.82, 2.24) is 30.5 Å². The second-order valence-electron chi connectivity index (χ2n) is 4.88. The van der Waals surface area contributed by atoms with Crippen molar-refractivity contribution < 1.29 is 4.79 Å². The lowest BCUT2D eigenvalue weighted by atomic mass is 10.2. The van der Waals surface area contributed by atoms with Crippen molar-refractivity contribution in [2.75, 3.05) is 18.4 Å². The van der Waals surface area contributed by atoms with E-state index in [-0.39, 0.29) is 5.91 Å². The molecule has 0 unspecified atom stereocenters. The van der Waals surface area contributed by atoms with Gasteiger partial charge in [-0.2, -0.15) is 5.10 Å². The van der Waals surface area contributed by atoms with Crippen molar-refractivity contribution in [2.24, 2.45) is 0 Å². The highest BCUT2D eigenvalue weighted by Crippen LogP contribution is 2.12. The molecule has 0 atom stereocenters. The van der Waals surface area contributed by atoms with E-state index in [4.69, 9.17) is 0 Å². The van der Waals surface area contributed by atoms with Crippen molar-refractivity contribution in [3.05, 3.63) is 23.7 Å². The van der Waals surface area contributed by atoms with Crippen LogP contribution in [0.3, 0.4) is 0 Å². The Bertz CT molecular complexity index is 598. The van der Waals surface area contributed by atoms with Gasteiger partial charge in [0.25, 0.3) is 5.91 Å². The molecule has 0 saturated carbocycles. The summed E-state index contributed by atoms with van der Waals surface area (Å²) < 4.78 is 1.72. The first-order valence-electron chi connectivity index (χ1n) is 6.74. The van der Waals surface area contributed by atoms with Gasteiger partial charge in [-0.05, 0) is 6.42 Å². The summed E-state index contributed by atoms with van der Waals surface area (Å²) in [7, 11) is 0. The zero-order valence-corrected chi connectivity index (χ0v) is 11.3. The Kier molecular flexibility index (Phi) is 3.46. The highest BCUT2D eigenvalue weighted by molar-refractivity contribution is 6.02. The van der Waals surface area contributed by atoms with E-state index in [0.29, 0.717) is 17.6 Å². The van der Waals surface area contributed by atoms with Crippen LogP contribution in [0.2, 0.25) is 0 Å². The van der Waals surface area contributed by atoms with Crippen LogP contribution in [0.4, 0.5) is 5.82 Å². The number of rotatable bonds is 5. The van der Waals surface area contributed by atoms with Crippen LogP contribution >= 0.6 is 0 Å². The number of nitrogens with one attached hydrogen (secondary N) is 3. The van der Waals surface area contributed by atoms with E-state index < -0.39 is 0 Å².